The molecule has 110 valence electrons. The first-order valence-corrected chi connectivity index (χ1v) is 6.28. The van der Waals surface area contributed by atoms with Crippen LogP contribution in [0.3, 0.4) is 0 Å². The van der Waals surface area contributed by atoms with E-state index in [0.29, 0.717) is 0 Å². The molecule has 0 spiro atoms. The summed E-state index contributed by atoms with van der Waals surface area (Å²) in [7, 11) is 0. The second-order valence-electron chi connectivity index (χ2n) is 4.10. The minimum absolute atomic E-state index is 0.0619. The fourth-order valence-corrected chi connectivity index (χ4v) is 1.87. The van der Waals surface area contributed by atoms with Crippen LogP contribution in [0.15, 0.2) is 41.3 Å². The van der Waals surface area contributed by atoms with Gasteiger partial charge in [0.2, 0.25) is 0 Å². The van der Waals surface area contributed by atoms with Crippen molar-refractivity contribution >= 4 is 17.3 Å². The Kier molecular flexibility index (Phi) is 4.54. The third-order valence-electron chi connectivity index (χ3n) is 2.66. The highest BCUT2D eigenvalue weighted by atomic mass is 35.5. The van der Waals surface area contributed by atoms with Crippen LogP contribution in [0, 0.1) is 15.9 Å². The standard InChI is InChI=1S/C13H10ClFN2O4/c14-11-7-9(15)1-3-12(11)21-6-5-16-8-10(17(19)20)2-4-13(16)18/h1-4,7-8H,5-6H2. The SMILES string of the molecule is O=c1ccc([N+](=O)[O-])cn1CCOc1ccc(F)cc1Cl. The van der Waals surface area contributed by atoms with E-state index in [-0.39, 0.29) is 35.2 Å². The van der Waals surface area contributed by atoms with E-state index in [9.17, 15) is 19.3 Å². The Balaban J connectivity index is 2.05. The first-order valence-electron chi connectivity index (χ1n) is 5.90. The highest BCUT2D eigenvalue weighted by Gasteiger charge is 2.08. The quantitative estimate of drug-likeness (QED) is 0.628. The lowest BCUT2D eigenvalue weighted by atomic mass is 10.3. The van der Waals surface area contributed by atoms with Gasteiger partial charge in [0.25, 0.3) is 11.2 Å². The summed E-state index contributed by atoms with van der Waals surface area (Å²) in [6, 6.07) is 5.92. The summed E-state index contributed by atoms with van der Waals surface area (Å²) in [4.78, 5) is 21.6. The fourth-order valence-electron chi connectivity index (χ4n) is 1.65. The van der Waals surface area contributed by atoms with Crippen molar-refractivity contribution in [2.75, 3.05) is 6.61 Å². The Morgan fingerprint density at radius 2 is 2.10 bits per heavy atom. The Bertz CT molecular complexity index is 732. The Morgan fingerprint density at radius 1 is 1.33 bits per heavy atom. The van der Waals surface area contributed by atoms with Gasteiger partial charge in [0, 0.05) is 12.1 Å². The van der Waals surface area contributed by atoms with Gasteiger partial charge >= 0.3 is 0 Å². The molecule has 2 rings (SSSR count). The molecular formula is C13H10ClFN2O4. The van der Waals surface area contributed by atoms with Crippen LogP contribution in [0.4, 0.5) is 10.1 Å². The Labute approximate surface area is 123 Å². The number of hydrogen-bond donors (Lipinski definition) is 0. The number of nitrogens with zero attached hydrogens (tertiary/aromatic N) is 2. The van der Waals surface area contributed by atoms with Gasteiger partial charge in [-0.2, -0.15) is 0 Å². The zero-order chi connectivity index (χ0) is 15.4. The molecule has 0 aliphatic carbocycles. The van der Waals surface area contributed by atoms with Crippen LogP contribution in [-0.2, 0) is 6.54 Å². The topological polar surface area (TPSA) is 74.4 Å². The van der Waals surface area contributed by atoms with Gasteiger partial charge < -0.3 is 9.30 Å². The van der Waals surface area contributed by atoms with Crippen LogP contribution in [0.5, 0.6) is 5.75 Å². The number of benzene rings is 1. The van der Waals surface area contributed by atoms with E-state index in [1.165, 1.54) is 12.1 Å². The molecular weight excluding hydrogens is 303 g/mol. The molecule has 0 saturated carbocycles. The maximum atomic E-state index is 12.9. The third-order valence-corrected chi connectivity index (χ3v) is 2.96. The predicted octanol–water partition coefficient (Wildman–Crippen LogP) is 2.63. The molecule has 1 aromatic heterocycles. The normalized spacial score (nSPS) is 10.4. The van der Waals surface area contributed by atoms with Crippen molar-refractivity contribution in [3.8, 4) is 5.75 Å². The van der Waals surface area contributed by atoms with Crippen LogP contribution >= 0.6 is 11.6 Å². The van der Waals surface area contributed by atoms with Gasteiger partial charge in [-0.3, -0.25) is 14.9 Å². The Hall–Kier alpha value is -2.41. The van der Waals surface area contributed by atoms with E-state index in [0.717, 1.165) is 29.0 Å². The lowest BCUT2D eigenvalue weighted by Gasteiger charge is -2.09. The molecule has 0 atom stereocenters. The second-order valence-corrected chi connectivity index (χ2v) is 4.51. The number of halogens is 2. The summed E-state index contributed by atoms with van der Waals surface area (Å²) in [6.07, 6.45) is 1.14. The number of aromatic nitrogens is 1. The van der Waals surface area contributed by atoms with Crippen LogP contribution < -0.4 is 10.3 Å². The van der Waals surface area contributed by atoms with Gasteiger partial charge in [0.1, 0.15) is 18.2 Å². The Morgan fingerprint density at radius 3 is 2.76 bits per heavy atom. The third kappa shape index (κ3) is 3.79. The number of rotatable bonds is 5. The second kappa shape index (κ2) is 6.36. The average Bonchev–Trinajstić information content (AvgIpc) is 2.43. The highest BCUT2D eigenvalue weighted by molar-refractivity contribution is 6.32. The summed E-state index contributed by atoms with van der Waals surface area (Å²) in [6.45, 7) is 0.167. The maximum absolute atomic E-state index is 12.9. The molecule has 0 saturated heterocycles. The van der Waals surface area contributed by atoms with Crippen molar-refractivity contribution in [3.05, 3.63) is 67.8 Å². The molecule has 0 bridgehead atoms. The van der Waals surface area contributed by atoms with E-state index >= 15 is 0 Å². The summed E-state index contributed by atoms with van der Waals surface area (Å²) in [5.74, 6) is -0.209. The van der Waals surface area contributed by atoms with Gasteiger partial charge in [-0.05, 0) is 18.2 Å². The molecule has 0 aliphatic heterocycles. The van der Waals surface area contributed by atoms with Crippen LogP contribution in [-0.4, -0.2) is 16.1 Å². The van der Waals surface area contributed by atoms with Crippen molar-refractivity contribution in [1.29, 1.82) is 0 Å². The van der Waals surface area contributed by atoms with E-state index in [2.05, 4.69) is 0 Å². The summed E-state index contributed by atoms with van der Waals surface area (Å²) < 4.78 is 19.3. The van der Waals surface area contributed by atoms with Crippen molar-refractivity contribution < 1.29 is 14.1 Å². The molecule has 0 N–H and O–H groups in total. The smallest absolute Gasteiger partial charge is 0.285 e. The van der Waals surface area contributed by atoms with E-state index in [1.54, 1.807) is 0 Å². The number of nitro groups is 1. The van der Waals surface area contributed by atoms with E-state index < -0.39 is 10.7 Å². The van der Waals surface area contributed by atoms with Crippen LogP contribution in [0.2, 0.25) is 5.02 Å². The zero-order valence-electron chi connectivity index (χ0n) is 10.7. The van der Waals surface area contributed by atoms with E-state index in [4.69, 9.17) is 16.3 Å². The number of pyridine rings is 1. The van der Waals surface area contributed by atoms with Crippen molar-refractivity contribution in [2.45, 2.75) is 6.54 Å². The molecule has 21 heavy (non-hydrogen) atoms. The monoisotopic (exact) mass is 312 g/mol. The fraction of sp³-hybridized carbons (Fsp3) is 0.154. The molecule has 8 heteroatoms. The molecule has 0 unspecified atom stereocenters. The van der Waals surface area contributed by atoms with Gasteiger partial charge in [-0.25, -0.2) is 4.39 Å². The lowest BCUT2D eigenvalue weighted by molar-refractivity contribution is -0.385. The molecule has 0 amide bonds. The molecule has 1 aromatic carbocycles. The van der Waals surface area contributed by atoms with Crippen molar-refractivity contribution in [2.24, 2.45) is 0 Å². The largest absolute Gasteiger partial charge is 0.490 e. The number of ether oxygens (including phenoxy) is 1. The lowest BCUT2D eigenvalue weighted by Crippen LogP contribution is -2.22. The molecule has 6 nitrogen and oxygen atoms in total. The summed E-state index contributed by atoms with van der Waals surface area (Å²) >= 11 is 5.79. The molecule has 2 aromatic rings. The molecule has 0 aliphatic rings. The summed E-state index contributed by atoms with van der Waals surface area (Å²) in [5.41, 5.74) is -0.566. The predicted molar refractivity (Wildman–Crippen MR) is 74.3 cm³/mol. The number of hydrogen-bond acceptors (Lipinski definition) is 4. The van der Waals surface area contributed by atoms with Crippen LogP contribution in [0.25, 0.3) is 0 Å². The summed E-state index contributed by atoms with van der Waals surface area (Å²) in [5, 5.41) is 10.8. The van der Waals surface area contributed by atoms with Gasteiger partial charge in [0.05, 0.1) is 22.7 Å². The minimum atomic E-state index is -0.590. The highest BCUT2D eigenvalue weighted by Crippen LogP contribution is 2.24. The van der Waals surface area contributed by atoms with Crippen LogP contribution in [0.1, 0.15) is 0 Å². The maximum Gasteiger partial charge on any atom is 0.285 e. The zero-order valence-corrected chi connectivity index (χ0v) is 11.4. The van der Waals surface area contributed by atoms with Gasteiger partial charge in [-0.1, -0.05) is 11.6 Å². The minimum Gasteiger partial charge on any atom is -0.490 e. The van der Waals surface area contributed by atoms with Crippen molar-refractivity contribution in [1.82, 2.24) is 4.57 Å². The van der Waals surface area contributed by atoms with Crippen molar-refractivity contribution in [3.63, 3.8) is 0 Å². The van der Waals surface area contributed by atoms with Gasteiger partial charge in [-0.15, -0.1) is 0 Å². The van der Waals surface area contributed by atoms with Gasteiger partial charge in [0.15, 0.2) is 0 Å². The molecule has 0 fully saturated rings. The average molecular weight is 313 g/mol. The molecule has 0 radical (unpaired) electrons. The van der Waals surface area contributed by atoms with E-state index in [1.807, 2.05) is 0 Å². The first kappa shape index (κ1) is 15.0. The molecule has 1 heterocycles. The first-order chi connectivity index (χ1) is 9.97.